The molecule has 0 radical (unpaired) electrons. The highest BCUT2D eigenvalue weighted by Gasteiger charge is 2.19. The summed E-state index contributed by atoms with van der Waals surface area (Å²) in [4.78, 5) is 5.04. The van der Waals surface area contributed by atoms with Crippen LogP contribution in [0.25, 0.3) is 0 Å². The van der Waals surface area contributed by atoms with E-state index in [-0.39, 0.29) is 18.4 Å². The van der Waals surface area contributed by atoms with Crippen molar-refractivity contribution in [1.82, 2.24) is 4.90 Å². The Bertz CT molecular complexity index is 655. The van der Waals surface area contributed by atoms with Crippen LogP contribution in [0.5, 0.6) is 0 Å². The normalized spacial score (nSPS) is 16.4. The molecule has 2 aromatic carbocycles. The number of anilines is 1. The second-order valence-electron chi connectivity index (χ2n) is 6.70. The van der Waals surface area contributed by atoms with Crippen molar-refractivity contribution < 1.29 is 0 Å². The highest BCUT2D eigenvalue weighted by molar-refractivity contribution is 9.10. The molecule has 3 rings (SSSR count). The number of rotatable bonds is 5. The van der Waals surface area contributed by atoms with Crippen molar-refractivity contribution in [3.63, 3.8) is 0 Å². The number of nitrogens with two attached hydrogens (primary N) is 1. The van der Waals surface area contributed by atoms with Gasteiger partial charge in [-0.15, -0.1) is 12.4 Å². The lowest BCUT2D eigenvalue weighted by Gasteiger charge is -2.37. The van der Waals surface area contributed by atoms with Gasteiger partial charge in [-0.1, -0.05) is 46.3 Å². The topological polar surface area (TPSA) is 32.5 Å². The molecule has 1 saturated heterocycles. The fraction of sp³-hybridized carbons (Fsp3) is 0.400. The third kappa shape index (κ3) is 5.71. The maximum atomic E-state index is 6.04. The first-order valence-electron chi connectivity index (χ1n) is 8.67. The van der Waals surface area contributed by atoms with Crippen molar-refractivity contribution in [3.05, 3.63) is 64.1 Å². The van der Waals surface area contributed by atoms with Gasteiger partial charge in [-0.25, -0.2) is 0 Å². The monoisotopic (exact) mass is 423 g/mol. The first-order valence-corrected chi connectivity index (χ1v) is 9.46. The molecule has 1 aliphatic rings. The number of hydrogen-bond donors (Lipinski definition) is 1. The summed E-state index contributed by atoms with van der Waals surface area (Å²) in [5.41, 5.74) is 10.1. The summed E-state index contributed by atoms with van der Waals surface area (Å²) < 4.78 is 1.13. The van der Waals surface area contributed by atoms with E-state index in [0.717, 1.165) is 43.6 Å². The minimum atomic E-state index is 0. The smallest absolute Gasteiger partial charge is 0.0401 e. The van der Waals surface area contributed by atoms with Crippen LogP contribution >= 0.6 is 28.3 Å². The minimum absolute atomic E-state index is 0. The molecular weight excluding hydrogens is 398 g/mol. The van der Waals surface area contributed by atoms with Crippen LogP contribution in [0.2, 0.25) is 0 Å². The molecule has 136 valence electrons. The van der Waals surface area contributed by atoms with Crippen LogP contribution in [-0.4, -0.2) is 37.1 Å². The highest BCUT2D eigenvalue weighted by Crippen LogP contribution is 2.27. The predicted octanol–water partition coefficient (Wildman–Crippen LogP) is 4.08. The lowest BCUT2D eigenvalue weighted by atomic mass is 10.0. The van der Waals surface area contributed by atoms with Crippen molar-refractivity contribution in [1.29, 1.82) is 0 Å². The standard InChI is InChI=1S/C20H26BrN3.ClH/c1-16(22)13-18-14-19(21)7-8-20(18)24-11-9-23(10-12-24)15-17-5-3-2-4-6-17;/h2-8,14,16H,9-13,15,22H2,1H3;1H. The Hall–Kier alpha value is -1.07. The molecule has 1 unspecified atom stereocenters. The third-order valence-electron chi connectivity index (χ3n) is 4.55. The molecule has 2 aromatic rings. The van der Waals surface area contributed by atoms with Crippen LogP contribution < -0.4 is 10.6 Å². The zero-order chi connectivity index (χ0) is 16.9. The van der Waals surface area contributed by atoms with Crippen LogP contribution in [0.15, 0.2) is 53.0 Å². The lowest BCUT2D eigenvalue weighted by Crippen LogP contribution is -2.46. The summed E-state index contributed by atoms with van der Waals surface area (Å²) in [6, 6.07) is 17.5. The van der Waals surface area contributed by atoms with E-state index in [1.54, 1.807) is 0 Å². The molecule has 1 heterocycles. The Morgan fingerprint density at radius 3 is 2.36 bits per heavy atom. The molecule has 5 heteroatoms. The lowest BCUT2D eigenvalue weighted by molar-refractivity contribution is 0.249. The fourth-order valence-corrected chi connectivity index (χ4v) is 3.77. The number of nitrogens with zero attached hydrogens (tertiary/aromatic N) is 2. The SMILES string of the molecule is CC(N)Cc1cc(Br)ccc1N1CCN(Cc2ccccc2)CC1.Cl. The Kier molecular flexibility index (Phi) is 7.76. The number of hydrogen-bond acceptors (Lipinski definition) is 3. The maximum Gasteiger partial charge on any atom is 0.0401 e. The first kappa shape index (κ1) is 20.2. The van der Waals surface area contributed by atoms with Gasteiger partial charge >= 0.3 is 0 Å². The van der Waals surface area contributed by atoms with E-state index in [0.29, 0.717) is 0 Å². The van der Waals surface area contributed by atoms with E-state index in [1.165, 1.54) is 16.8 Å². The zero-order valence-corrected chi connectivity index (χ0v) is 17.1. The van der Waals surface area contributed by atoms with Crippen molar-refractivity contribution in [2.45, 2.75) is 25.9 Å². The molecule has 1 atom stereocenters. The van der Waals surface area contributed by atoms with Crippen LogP contribution in [-0.2, 0) is 13.0 Å². The molecule has 25 heavy (non-hydrogen) atoms. The minimum Gasteiger partial charge on any atom is -0.369 e. The van der Waals surface area contributed by atoms with Gasteiger partial charge < -0.3 is 10.6 Å². The summed E-state index contributed by atoms with van der Waals surface area (Å²) in [7, 11) is 0. The van der Waals surface area contributed by atoms with Crippen molar-refractivity contribution in [3.8, 4) is 0 Å². The van der Waals surface area contributed by atoms with Crippen LogP contribution in [0.4, 0.5) is 5.69 Å². The first-order chi connectivity index (χ1) is 11.6. The second-order valence-corrected chi connectivity index (χ2v) is 7.62. The Labute approximate surface area is 165 Å². The van der Waals surface area contributed by atoms with Gasteiger partial charge in [0.1, 0.15) is 0 Å². The van der Waals surface area contributed by atoms with Crippen molar-refractivity contribution in [2.24, 2.45) is 5.73 Å². The fourth-order valence-electron chi connectivity index (χ4n) is 3.36. The van der Waals surface area contributed by atoms with Gasteiger partial charge in [-0.05, 0) is 42.7 Å². The van der Waals surface area contributed by atoms with Crippen LogP contribution in [0.1, 0.15) is 18.1 Å². The van der Waals surface area contributed by atoms with Crippen LogP contribution in [0.3, 0.4) is 0 Å². The quantitative estimate of drug-likeness (QED) is 0.785. The van der Waals surface area contributed by atoms with Crippen molar-refractivity contribution >= 4 is 34.0 Å². The van der Waals surface area contributed by atoms with E-state index in [4.69, 9.17) is 5.73 Å². The highest BCUT2D eigenvalue weighted by atomic mass is 79.9. The van der Waals surface area contributed by atoms with E-state index < -0.39 is 0 Å². The summed E-state index contributed by atoms with van der Waals surface area (Å²) >= 11 is 3.59. The Balaban J connectivity index is 0.00000225. The molecule has 0 aromatic heterocycles. The predicted molar refractivity (Wildman–Crippen MR) is 113 cm³/mol. The van der Waals surface area contributed by atoms with E-state index in [2.05, 4.69) is 81.2 Å². The molecule has 2 N–H and O–H groups in total. The largest absolute Gasteiger partial charge is 0.369 e. The number of halogens is 2. The number of benzene rings is 2. The van der Waals surface area contributed by atoms with Gasteiger partial charge in [0.05, 0.1) is 0 Å². The molecule has 0 bridgehead atoms. The van der Waals surface area contributed by atoms with Gasteiger partial charge in [0.15, 0.2) is 0 Å². The van der Waals surface area contributed by atoms with E-state index in [9.17, 15) is 0 Å². The van der Waals surface area contributed by atoms with E-state index in [1.807, 2.05) is 0 Å². The molecule has 0 spiro atoms. The average molecular weight is 425 g/mol. The Morgan fingerprint density at radius 2 is 1.72 bits per heavy atom. The molecular formula is C20H27BrClN3. The molecule has 1 aliphatic heterocycles. The molecule has 3 nitrogen and oxygen atoms in total. The van der Waals surface area contributed by atoms with Gasteiger partial charge in [0, 0.05) is 48.9 Å². The molecule has 0 amide bonds. The average Bonchev–Trinajstić information content (AvgIpc) is 2.56. The van der Waals surface area contributed by atoms with Gasteiger partial charge in [-0.3, -0.25) is 4.90 Å². The van der Waals surface area contributed by atoms with E-state index >= 15 is 0 Å². The van der Waals surface area contributed by atoms with Gasteiger partial charge in [0.2, 0.25) is 0 Å². The Morgan fingerprint density at radius 1 is 1.04 bits per heavy atom. The van der Waals surface area contributed by atoms with Gasteiger partial charge in [-0.2, -0.15) is 0 Å². The number of piperazine rings is 1. The second kappa shape index (κ2) is 9.58. The maximum absolute atomic E-state index is 6.04. The zero-order valence-electron chi connectivity index (χ0n) is 14.7. The van der Waals surface area contributed by atoms with Crippen LogP contribution in [0, 0.1) is 0 Å². The summed E-state index contributed by atoms with van der Waals surface area (Å²) in [5, 5.41) is 0. The molecule has 0 aliphatic carbocycles. The summed E-state index contributed by atoms with van der Waals surface area (Å²) in [5.74, 6) is 0. The summed E-state index contributed by atoms with van der Waals surface area (Å²) in [6.07, 6.45) is 0.916. The summed E-state index contributed by atoms with van der Waals surface area (Å²) in [6.45, 7) is 7.45. The van der Waals surface area contributed by atoms with Crippen molar-refractivity contribution in [2.75, 3.05) is 31.1 Å². The van der Waals surface area contributed by atoms with Gasteiger partial charge in [0.25, 0.3) is 0 Å². The third-order valence-corrected chi connectivity index (χ3v) is 5.04. The molecule has 1 fully saturated rings. The molecule has 0 saturated carbocycles.